The highest BCUT2D eigenvalue weighted by Gasteiger charge is 2.14. The summed E-state index contributed by atoms with van der Waals surface area (Å²) in [6.07, 6.45) is 3.48. The lowest BCUT2D eigenvalue weighted by molar-refractivity contribution is 0.0923. The van der Waals surface area contributed by atoms with E-state index in [9.17, 15) is 9.59 Å². The Bertz CT molecular complexity index is 953. The highest BCUT2D eigenvalue weighted by molar-refractivity contribution is 5.93. The van der Waals surface area contributed by atoms with Crippen molar-refractivity contribution in [3.63, 3.8) is 0 Å². The van der Waals surface area contributed by atoms with E-state index in [1.807, 2.05) is 26.1 Å². The standard InChI is InChI=1S/C17H17N3O3/c1-10-4-11(2)16-13(5-10)14(21)6-15(23-16)17(22)18-7-12-8-19-20(3)9-12/h4-6,8-9H,7H2,1-3H3,(H,18,22). The summed E-state index contributed by atoms with van der Waals surface area (Å²) in [5.74, 6) is -0.411. The molecule has 0 fully saturated rings. The van der Waals surface area contributed by atoms with Gasteiger partial charge < -0.3 is 9.73 Å². The predicted octanol–water partition coefficient (Wildman–Crippen LogP) is 2.07. The Morgan fingerprint density at radius 2 is 2.09 bits per heavy atom. The number of carbonyl (C=O) groups excluding carboxylic acids is 1. The van der Waals surface area contributed by atoms with E-state index in [0.29, 0.717) is 17.5 Å². The fraction of sp³-hybridized carbons (Fsp3) is 0.235. The lowest BCUT2D eigenvalue weighted by Crippen LogP contribution is -2.23. The van der Waals surface area contributed by atoms with Gasteiger partial charge in [-0.25, -0.2) is 0 Å². The Labute approximate surface area is 132 Å². The largest absolute Gasteiger partial charge is 0.450 e. The van der Waals surface area contributed by atoms with Crippen molar-refractivity contribution in [3.8, 4) is 0 Å². The van der Waals surface area contributed by atoms with Crippen molar-refractivity contribution >= 4 is 16.9 Å². The van der Waals surface area contributed by atoms with Crippen LogP contribution in [0.25, 0.3) is 11.0 Å². The van der Waals surface area contributed by atoms with Crippen LogP contribution in [0.3, 0.4) is 0 Å². The number of nitrogens with zero attached hydrogens (tertiary/aromatic N) is 2. The molecule has 0 aliphatic carbocycles. The third-order valence-corrected chi connectivity index (χ3v) is 3.59. The average molecular weight is 311 g/mol. The van der Waals surface area contributed by atoms with Crippen LogP contribution < -0.4 is 10.7 Å². The second kappa shape index (κ2) is 5.72. The van der Waals surface area contributed by atoms with Crippen LogP contribution in [0.15, 0.2) is 39.8 Å². The number of hydrogen-bond donors (Lipinski definition) is 1. The summed E-state index contributed by atoms with van der Waals surface area (Å²) in [7, 11) is 1.80. The maximum Gasteiger partial charge on any atom is 0.287 e. The van der Waals surface area contributed by atoms with E-state index >= 15 is 0 Å². The van der Waals surface area contributed by atoms with E-state index in [0.717, 1.165) is 16.7 Å². The number of rotatable bonds is 3. The molecule has 0 saturated heterocycles. The molecular weight excluding hydrogens is 294 g/mol. The molecule has 0 aliphatic rings. The van der Waals surface area contributed by atoms with Gasteiger partial charge in [-0.1, -0.05) is 6.07 Å². The van der Waals surface area contributed by atoms with Gasteiger partial charge in [0.15, 0.2) is 11.2 Å². The predicted molar refractivity (Wildman–Crippen MR) is 86.3 cm³/mol. The van der Waals surface area contributed by atoms with Crippen LogP contribution >= 0.6 is 0 Å². The second-order valence-electron chi connectivity index (χ2n) is 5.64. The van der Waals surface area contributed by atoms with Crippen molar-refractivity contribution in [2.75, 3.05) is 0 Å². The van der Waals surface area contributed by atoms with Crippen molar-refractivity contribution in [3.05, 3.63) is 63.3 Å². The monoisotopic (exact) mass is 311 g/mol. The van der Waals surface area contributed by atoms with Crippen LogP contribution in [-0.2, 0) is 13.6 Å². The zero-order valence-electron chi connectivity index (χ0n) is 13.2. The van der Waals surface area contributed by atoms with E-state index in [2.05, 4.69) is 10.4 Å². The van der Waals surface area contributed by atoms with Crippen LogP contribution in [0.1, 0.15) is 27.2 Å². The smallest absolute Gasteiger partial charge is 0.287 e. The zero-order chi connectivity index (χ0) is 16.6. The van der Waals surface area contributed by atoms with E-state index in [-0.39, 0.29) is 11.2 Å². The molecule has 1 aromatic carbocycles. The molecule has 0 spiro atoms. The maximum absolute atomic E-state index is 12.2. The minimum Gasteiger partial charge on any atom is -0.450 e. The summed E-state index contributed by atoms with van der Waals surface area (Å²) in [5.41, 5.74) is 2.92. The molecule has 0 radical (unpaired) electrons. The summed E-state index contributed by atoms with van der Waals surface area (Å²) < 4.78 is 7.31. The number of carbonyl (C=O) groups is 1. The first-order valence-corrected chi connectivity index (χ1v) is 7.25. The van der Waals surface area contributed by atoms with Gasteiger partial charge in [-0.2, -0.15) is 5.10 Å². The van der Waals surface area contributed by atoms with Crippen molar-refractivity contribution in [1.82, 2.24) is 15.1 Å². The highest BCUT2D eigenvalue weighted by Crippen LogP contribution is 2.19. The first kappa shape index (κ1) is 15.0. The van der Waals surface area contributed by atoms with Gasteiger partial charge in [-0.05, 0) is 31.0 Å². The number of aryl methyl sites for hydroxylation is 3. The first-order chi connectivity index (χ1) is 10.9. The Hall–Kier alpha value is -2.89. The normalized spacial score (nSPS) is 10.9. The topological polar surface area (TPSA) is 77.1 Å². The van der Waals surface area contributed by atoms with E-state index < -0.39 is 5.91 Å². The highest BCUT2D eigenvalue weighted by atomic mass is 16.3. The van der Waals surface area contributed by atoms with Gasteiger partial charge in [0.05, 0.1) is 11.6 Å². The van der Waals surface area contributed by atoms with Gasteiger partial charge >= 0.3 is 0 Å². The van der Waals surface area contributed by atoms with Crippen LogP contribution in [0.5, 0.6) is 0 Å². The molecule has 0 atom stereocenters. The van der Waals surface area contributed by atoms with E-state index in [4.69, 9.17) is 4.42 Å². The molecule has 2 aromatic heterocycles. The molecule has 0 aliphatic heterocycles. The zero-order valence-corrected chi connectivity index (χ0v) is 13.2. The van der Waals surface area contributed by atoms with Gasteiger partial charge in [-0.15, -0.1) is 0 Å². The lowest BCUT2D eigenvalue weighted by atomic mass is 10.1. The number of benzene rings is 1. The second-order valence-corrected chi connectivity index (χ2v) is 5.64. The van der Waals surface area contributed by atoms with Crippen molar-refractivity contribution < 1.29 is 9.21 Å². The third-order valence-electron chi connectivity index (χ3n) is 3.59. The number of aromatic nitrogens is 2. The fourth-order valence-electron chi connectivity index (χ4n) is 2.55. The quantitative estimate of drug-likeness (QED) is 0.803. The van der Waals surface area contributed by atoms with Crippen LogP contribution in [-0.4, -0.2) is 15.7 Å². The summed E-state index contributed by atoms with van der Waals surface area (Å²) in [6.45, 7) is 4.09. The number of nitrogens with one attached hydrogen (secondary N) is 1. The average Bonchev–Trinajstić information content (AvgIpc) is 2.91. The minimum absolute atomic E-state index is 0.0124. The van der Waals surface area contributed by atoms with E-state index in [1.54, 1.807) is 24.0 Å². The molecule has 0 unspecified atom stereocenters. The Morgan fingerprint density at radius 3 is 2.78 bits per heavy atom. The Kier molecular flexibility index (Phi) is 3.73. The first-order valence-electron chi connectivity index (χ1n) is 7.25. The molecule has 3 aromatic rings. The van der Waals surface area contributed by atoms with Crippen molar-refractivity contribution in [2.24, 2.45) is 7.05 Å². The van der Waals surface area contributed by atoms with Crippen LogP contribution in [0, 0.1) is 13.8 Å². The third kappa shape index (κ3) is 3.01. The fourth-order valence-corrected chi connectivity index (χ4v) is 2.55. The number of amides is 1. The molecule has 3 rings (SSSR count). The van der Waals surface area contributed by atoms with Gasteiger partial charge in [0.1, 0.15) is 5.58 Å². The van der Waals surface area contributed by atoms with Crippen molar-refractivity contribution in [2.45, 2.75) is 20.4 Å². The molecule has 0 saturated carbocycles. The van der Waals surface area contributed by atoms with Crippen LogP contribution in [0.4, 0.5) is 0 Å². The molecule has 118 valence electrons. The molecule has 1 amide bonds. The van der Waals surface area contributed by atoms with E-state index in [1.165, 1.54) is 6.07 Å². The van der Waals surface area contributed by atoms with Crippen LogP contribution in [0.2, 0.25) is 0 Å². The molecule has 2 heterocycles. The molecule has 23 heavy (non-hydrogen) atoms. The summed E-state index contributed by atoms with van der Waals surface area (Å²) in [6, 6.07) is 4.92. The van der Waals surface area contributed by atoms with Gasteiger partial charge in [0.25, 0.3) is 5.91 Å². The summed E-state index contributed by atoms with van der Waals surface area (Å²) in [5, 5.41) is 7.25. The summed E-state index contributed by atoms with van der Waals surface area (Å²) >= 11 is 0. The maximum atomic E-state index is 12.2. The van der Waals surface area contributed by atoms with Gasteiger partial charge in [-0.3, -0.25) is 14.3 Å². The van der Waals surface area contributed by atoms with Gasteiger partial charge in [0.2, 0.25) is 0 Å². The summed E-state index contributed by atoms with van der Waals surface area (Å²) in [4.78, 5) is 24.5. The number of fused-ring (bicyclic) bond motifs is 1. The molecule has 6 nitrogen and oxygen atoms in total. The Balaban J connectivity index is 1.90. The molecule has 1 N–H and O–H groups in total. The number of hydrogen-bond acceptors (Lipinski definition) is 4. The molecular formula is C17H17N3O3. The molecule has 6 heteroatoms. The Morgan fingerprint density at radius 1 is 1.30 bits per heavy atom. The van der Waals surface area contributed by atoms with Gasteiger partial charge in [0, 0.05) is 31.4 Å². The minimum atomic E-state index is -0.423. The van der Waals surface area contributed by atoms with Crippen molar-refractivity contribution in [1.29, 1.82) is 0 Å². The SMILES string of the molecule is Cc1cc(C)c2oc(C(=O)NCc3cnn(C)c3)cc(=O)c2c1. The lowest BCUT2D eigenvalue weighted by Gasteiger charge is -2.07. The molecule has 0 bridgehead atoms.